The molecule has 2 saturated heterocycles. The van der Waals surface area contributed by atoms with Crippen LogP contribution in [0.25, 0.3) is 10.8 Å². The molecule has 4 heterocycles. The van der Waals surface area contributed by atoms with Gasteiger partial charge in [-0.2, -0.15) is 15.2 Å². The number of hydrogen-bond acceptors (Lipinski definition) is 8. The number of hydrogen-bond donors (Lipinski definition) is 0. The summed E-state index contributed by atoms with van der Waals surface area (Å²) in [5.74, 6) is 0.725. The number of carbonyl (C=O) groups is 1. The van der Waals surface area contributed by atoms with E-state index in [1.807, 2.05) is 0 Å². The maximum Gasteiger partial charge on any atom is 0.318 e. The number of nitriles is 1. The lowest BCUT2D eigenvalue weighted by Gasteiger charge is -2.42. The summed E-state index contributed by atoms with van der Waals surface area (Å²) >= 11 is 3.78. The Hall–Kier alpha value is -3.68. The molecule has 3 aromatic rings. The minimum Gasteiger partial charge on any atom is -0.462 e. The Morgan fingerprint density at radius 1 is 1.14 bits per heavy atom. The lowest BCUT2D eigenvalue weighted by molar-refractivity contribution is -0.128. The number of fused-ring (bicyclic) bond motifs is 2. The third kappa shape index (κ3) is 5.55. The number of benzene rings is 2. The maximum absolute atomic E-state index is 12.5. The summed E-state index contributed by atoms with van der Waals surface area (Å²) in [4.78, 5) is 31.2. The van der Waals surface area contributed by atoms with Crippen LogP contribution < -0.4 is 14.5 Å². The monoisotopic (exact) mass is 629 g/mol. The molecule has 2 fully saturated rings. The van der Waals surface area contributed by atoms with Gasteiger partial charge in [0.1, 0.15) is 12.4 Å². The molecule has 1 amide bonds. The molecule has 0 saturated carbocycles. The van der Waals surface area contributed by atoms with Crippen molar-refractivity contribution in [2.75, 3.05) is 56.2 Å². The summed E-state index contributed by atoms with van der Waals surface area (Å²) in [6, 6.07) is 15.5. The van der Waals surface area contributed by atoms with Gasteiger partial charge in [-0.3, -0.25) is 4.79 Å². The van der Waals surface area contributed by atoms with Crippen LogP contribution >= 0.6 is 15.9 Å². The van der Waals surface area contributed by atoms with Gasteiger partial charge in [0.2, 0.25) is 5.91 Å². The molecule has 2 unspecified atom stereocenters. The third-order valence-corrected chi connectivity index (χ3v) is 9.50. The molecule has 9 nitrogen and oxygen atoms in total. The first-order valence-electron chi connectivity index (χ1n) is 14.7. The zero-order valence-electron chi connectivity index (χ0n) is 24.0. The average molecular weight is 631 g/mol. The second-order valence-electron chi connectivity index (χ2n) is 11.3. The van der Waals surface area contributed by atoms with Crippen LogP contribution in [0.5, 0.6) is 6.01 Å². The molecular weight excluding hydrogens is 594 g/mol. The SMILES string of the molecule is C=CC(=O)N1CCN(c2nc(OCC3CCCN3C)nc3c2CCN(c2cccc4cccc(Br)c24)C3)CC1CC#N. The van der Waals surface area contributed by atoms with Gasteiger partial charge in [-0.15, -0.1) is 0 Å². The average Bonchev–Trinajstić information content (AvgIpc) is 3.43. The summed E-state index contributed by atoms with van der Waals surface area (Å²) in [6.45, 7) is 8.41. The van der Waals surface area contributed by atoms with Crippen LogP contribution in [0.15, 0.2) is 53.5 Å². The van der Waals surface area contributed by atoms with Crippen LogP contribution in [0.3, 0.4) is 0 Å². The van der Waals surface area contributed by atoms with Gasteiger partial charge in [0, 0.05) is 53.3 Å². The number of piperazine rings is 1. The third-order valence-electron chi connectivity index (χ3n) is 8.84. The zero-order chi connectivity index (χ0) is 29.2. The topological polar surface area (TPSA) is 88.8 Å². The molecule has 6 rings (SSSR count). The van der Waals surface area contributed by atoms with Gasteiger partial charge in [-0.1, -0.05) is 46.8 Å². The summed E-state index contributed by atoms with van der Waals surface area (Å²) in [7, 11) is 2.14. The van der Waals surface area contributed by atoms with Crippen molar-refractivity contribution in [3.05, 3.63) is 64.8 Å². The van der Waals surface area contributed by atoms with Gasteiger partial charge in [0.25, 0.3) is 0 Å². The molecule has 218 valence electrons. The van der Waals surface area contributed by atoms with E-state index >= 15 is 0 Å². The van der Waals surface area contributed by atoms with Crippen LogP contribution in [-0.4, -0.2) is 84.1 Å². The largest absolute Gasteiger partial charge is 0.462 e. The lowest BCUT2D eigenvalue weighted by atomic mass is 10.0. The highest BCUT2D eigenvalue weighted by atomic mass is 79.9. The van der Waals surface area contributed by atoms with E-state index in [4.69, 9.17) is 14.7 Å². The van der Waals surface area contributed by atoms with Crippen molar-refractivity contribution in [1.29, 1.82) is 5.26 Å². The van der Waals surface area contributed by atoms with E-state index in [0.717, 1.165) is 47.5 Å². The molecule has 0 spiro atoms. The van der Waals surface area contributed by atoms with Crippen LogP contribution in [0, 0.1) is 11.3 Å². The molecule has 0 bridgehead atoms. The van der Waals surface area contributed by atoms with Crippen LogP contribution in [0.1, 0.15) is 30.5 Å². The van der Waals surface area contributed by atoms with Crippen molar-refractivity contribution < 1.29 is 9.53 Å². The molecule has 0 aliphatic carbocycles. The van der Waals surface area contributed by atoms with Crippen LogP contribution in [0.4, 0.5) is 11.5 Å². The van der Waals surface area contributed by atoms with Crippen molar-refractivity contribution in [2.45, 2.75) is 44.3 Å². The number of nitrogens with zero attached hydrogens (tertiary/aromatic N) is 7. The number of likely N-dealkylation sites (N-methyl/N-ethyl adjacent to an activating group) is 1. The Kier molecular flexibility index (Phi) is 8.31. The predicted octanol–water partition coefficient (Wildman–Crippen LogP) is 4.54. The summed E-state index contributed by atoms with van der Waals surface area (Å²) in [5.41, 5.74) is 3.26. The molecule has 3 aliphatic rings. The highest BCUT2D eigenvalue weighted by molar-refractivity contribution is 9.10. The number of halogens is 1. The number of amides is 1. The number of anilines is 2. The maximum atomic E-state index is 12.5. The highest BCUT2D eigenvalue weighted by Crippen LogP contribution is 2.37. The Bertz CT molecular complexity index is 1530. The smallest absolute Gasteiger partial charge is 0.318 e. The van der Waals surface area contributed by atoms with Crippen LogP contribution in [0.2, 0.25) is 0 Å². The van der Waals surface area contributed by atoms with Gasteiger partial charge in [0.05, 0.1) is 30.8 Å². The predicted molar refractivity (Wildman–Crippen MR) is 168 cm³/mol. The van der Waals surface area contributed by atoms with E-state index in [9.17, 15) is 10.1 Å². The molecule has 0 radical (unpaired) electrons. The number of ether oxygens (including phenoxy) is 1. The van der Waals surface area contributed by atoms with E-state index in [1.165, 1.54) is 29.0 Å². The Balaban J connectivity index is 1.34. The van der Waals surface area contributed by atoms with Gasteiger partial charge in [-0.05, 0) is 56.4 Å². The molecule has 1 aromatic heterocycles. The van der Waals surface area contributed by atoms with Crippen molar-refractivity contribution in [3.63, 3.8) is 0 Å². The lowest BCUT2D eigenvalue weighted by Crippen LogP contribution is -2.55. The summed E-state index contributed by atoms with van der Waals surface area (Å²) in [6.07, 6.45) is 4.65. The van der Waals surface area contributed by atoms with Crippen LogP contribution in [-0.2, 0) is 17.8 Å². The fourth-order valence-corrected chi connectivity index (χ4v) is 7.14. The summed E-state index contributed by atoms with van der Waals surface area (Å²) < 4.78 is 7.37. The molecular formula is C32H36BrN7O2. The zero-order valence-corrected chi connectivity index (χ0v) is 25.6. The molecule has 2 aromatic carbocycles. The Morgan fingerprint density at radius 2 is 1.98 bits per heavy atom. The van der Waals surface area contributed by atoms with Crippen molar-refractivity contribution >= 4 is 44.1 Å². The molecule has 0 N–H and O–H groups in total. The standard InChI is InChI=1S/C32H36BrN7O2/c1-3-29(41)40-18-17-39(19-23(40)12-14-34)31-25-13-16-38(28-11-5-8-22-7-4-10-26(33)30(22)28)20-27(25)35-32(36-31)42-21-24-9-6-15-37(24)2/h3-5,7-8,10-11,23-24H,1,6,9,12-13,15-21H2,2H3. The van der Waals surface area contributed by atoms with E-state index in [2.05, 4.69) is 86.7 Å². The Morgan fingerprint density at radius 3 is 2.74 bits per heavy atom. The van der Waals surface area contributed by atoms with Crippen molar-refractivity contribution in [3.8, 4) is 12.1 Å². The molecule has 10 heteroatoms. The fourth-order valence-electron chi connectivity index (χ4n) is 6.56. The minimum absolute atomic E-state index is 0.138. The molecule has 3 aliphatic heterocycles. The van der Waals surface area contributed by atoms with Gasteiger partial charge < -0.3 is 24.3 Å². The number of rotatable bonds is 7. The number of likely N-dealkylation sites (tertiary alicyclic amines) is 1. The number of aromatic nitrogens is 2. The van der Waals surface area contributed by atoms with E-state index in [1.54, 1.807) is 4.90 Å². The second kappa shape index (κ2) is 12.3. The second-order valence-corrected chi connectivity index (χ2v) is 12.2. The first-order valence-corrected chi connectivity index (χ1v) is 15.5. The van der Waals surface area contributed by atoms with E-state index in [-0.39, 0.29) is 18.4 Å². The minimum atomic E-state index is -0.232. The molecule has 42 heavy (non-hydrogen) atoms. The van der Waals surface area contributed by atoms with E-state index < -0.39 is 0 Å². The van der Waals surface area contributed by atoms with Crippen molar-refractivity contribution in [2.24, 2.45) is 0 Å². The fraction of sp³-hybridized carbons (Fsp3) is 0.438. The van der Waals surface area contributed by atoms with E-state index in [0.29, 0.717) is 44.8 Å². The Labute approximate surface area is 255 Å². The first kappa shape index (κ1) is 28.4. The van der Waals surface area contributed by atoms with Gasteiger partial charge in [-0.25, -0.2) is 0 Å². The summed E-state index contributed by atoms with van der Waals surface area (Å²) in [5, 5.41) is 11.9. The van der Waals surface area contributed by atoms with Gasteiger partial charge >= 0.3 is 6.01 Å². The van der Waals surface area contributed by atoms with Crippen molar-refractivity contribution in [1.82, 2.24) is 19.8 Å². The number of carbonyl (C=O) groups excluding carboxylic acids is 1. The highest BCUT2D eigenvalue weighted by Gasteiger charge is 2.33. The van der Waals surface area contributed by atoms with Gasteiger partial charge in [0.15, 0.2) is 0 Å². The molecule has 2 atom stereocenters. The first-order chi connectivity index (χ1) is 20.5. The quantitative estimate of drug-likeness (QED) is 0.352. The normalized spacial score (nSPS) is 20.8.